The van der Waals surface area contributed by atoms with E-state index in [9.17, 15) is 14.4 Å². The lowest BCUT2D eigenvalue weighted by Crippen LogP contribution is -2.48. The summed E-state index contributed by atoms with van der Waals surface area (Å²) in [4.78, 5) is 38.9. The topological polar surface area (TPSA) is 96.3 Å². The largest absolute Gasteiger partial charge is 0.357 e. The number of rotatable bonds is 8. The van der Waals surface area contributed by atoms with Gasteiger partial charge in [-0.3, -0.25) is 19.1 Å². The van der Waals surface area contributed by atoms with E-state index in [-0.39, 0.29) is 24.3 Å². The summed E-state index contributed by atoms with van der Waals surface area (Å²) in [5, 5.41) is 9.72. The Balaban J connectivity index is 1.66. The minimum Gasteiger partial charge on any atom is -0.357 e. The molecule has 1 atom stereocenters. The molecule has 3 rings (SSSR count). The molecule has 8 heteroatoms. The van der Waals surface area contributed by atoms with Crippen molar-refractivity contribution >= 4 is 17.7 Å². The highest BCUT2D eigenvalue weighted by Gasteiger charge is 2.33. The van der Waals surface area contributed by atoms with Crippen molar-refractivity contribution in [1.82, 2.24) is 25.3 Å². The maximum atomic E-state index is 12.8. The number of hydrogen-bond acceptors (Lipinski definition) is 4. The van der Waals surface area contributed by atoms with Gasteiger partial charge in [0, 0.05) is 13.6 Å². The van der Waals surface area contributed by atoms with Crippen molar-refractivity contribution in [2.45, 2.75) is 45.2 Å². The average Bonchev–Trinajstić information content (AvgIpc) is 3.40. The molecule has 1 fully saturated rings. The SMILES string of the molecule is CCCc1c(C(=O)NCC(=O)N2CCCC2C(=O)NC)cnn1Cc1ccccc1. The Hall–Kier alpha value is -3.16. The number of aromatic nitrogens is 2. The first-order chi connectivity index (χ1) is 14.5. The smallest absolute Gasteiger partial charge is 0.255 e. The lowest BCUT2D eigenvalue weighted by Gasteiger charge is -2.23. The molecule has 2 N–H and O–H groups in total. The third-order valence-corrected chi connectivity index (χ3v) is 5.38. The molecule has 0 aliphatic carbocycles. The number of benzene rings is 1. The summed E-state index contributed by atoms with van der Waals surface area (Å²) in [5.74, 6) is -0.732. The molecular formula is C22H29N5O3. The minimum absolute atomic E-state index is 0.137. The number of hydrogen-bond donors (Lipinski definition) is 2. The molecular weight excluding hydrogens is 382 g/mol. The van der Waals surface area contributed by atoms with E-state index in [1.165, 1.54) is 0 Å². The van der Waals surface area contributed by atoms with Crippen molar-refractivity contribution in [2.24, 2.45) is 0 Å². The van der Waals surface area contributed by atoms with Crippen LogP contribution >= 0.6 is 0 Å². The van der Waals surface area contributed by atoms with E-state index < -0.39 is 6.04 Å². The molecule has 0 spiro atoms. The molecule has 2 aromatic rings. The van der Waals surface area contributed by atoms with Crippen LogP contribution in [-0.4, -0.2) is 58.6 Å². The zero-order valence-electron chi connectivity index (χ0n) is 17.6. The maximum absolute atomic E-state index is 12.8. The van der Waals surface area contributed by atoms with Gasteiger partial charge in [0.2, 0.25) is 11.8 Å². The Bertz CT molecular complexity index is 893. The summed E-state index contributed by atoms with van der Waals surface area (Å²) in [5.41, 5.74) is 2.45. The Morgan fingerprint density at radius 3 is 2.67 bits per heavy atom. The summed E-state index contributed by atoms with van der Waals surface area (Å²) in [7, 11) is 1.56. The Morgan fingerprint density at radius 1 is 1.20 bits per heavy atom. The van der Waals surface area contributed by atoms with Crippen LogP contribution < -0.4 is 10.6 Å². The van der Waals surface area contributed by atoms with Crippen molar-refractivity contribution in [1.29, 1.82) is 0 Å². The quantitative estimate of drug-likeness (QED) is 0.685. The van der Waals surface area contributed by atoms with Gasteiger partial charge in [-0.2, -0.15) is 5.10 Å². The molecule has 1 unspecified atom stereocenters. The number of nitrogens with zero attached hydrogens (tertiary/aromatic N) is 3. The van der Waals surface area contributed by atoms with Gasteiger partial charge in [-0.15, -0.1) is 0 Å². The molecule has 1 aliphatic rings. The molecule has 0 saturated carbocycles. The lowest BCUT2D eigenvalue weighted by molar-refractivity contribution is -0.137. The average molecular weight is 412 g/mol. The van der Waals surface area contributed by atoms with Crippen molar-refractivity contribution in [3.8, 4) is 0 Å². The molecule has 1 aliphatic heterocycles. The normalized spacial score (nSPS) is 15.8. The van der Waals surface area contributed by atoms with Crippen LogP contribution in [0.5, 0.6) is 0 Å². The third-order valence-electron chi connectivity index (χ3n) is 5.38. The van der Waals surface area contributed by atoms with Crippen LogP contribution in [-0.2, 0) is 22.6 Å². The van der Waals surface area contributed by atoms with E-state index in [0.29, 0.717) is 31.5 Å². The van der Waals surface area contributed by atoms with Gasteiger partial charge in [-0.05, 0) is 24.8 Å². The molecule has 3 amide bonds. The molecule has 0 radical (unpaired) electrons. The molecule has 8 nitrogen and oxygen atoms in total. The van der Waals surface area contributed by atoms with E-state index in [0.717, 1.165) is 24.1 Å². The van der Waals surface area contributed by atoms with Gasteiger partial charge in [0.25, 0.3) is 5.91 Å². The molecule has 1 aromatic carbocycles. The molecule has 160 valence electrons. The van der Waals surface area contributed by atoms with Crippen LogP contribution in [0.3, 0.4) is 0 Å². The fourth-order valence-corrected chi connectivity index (χ4v) is 3.85. The zero-order valence-corrected chi connectivity index (χ0v) is 17.6. The van der Waals surface area contributed by atoms with Crippen molar-refractivity contribution < 1.29 is 14.4 Å². The molecule has 1 saturated heterocycles. The molecule has 1 aromatic heterocycles. The van der Waals surface area contributed by atoms with E-state index in [2.05, 4.69) is 22.7 Å². The predicted molar refractivity (Wildman–Crippen MR) is 113 cm³/mol. The van der Waals surface area contributed by atoms with Gasteiger partial charge in [0.05, 0.1) is 30.5 Å². The monoisotopic (exact) mass is 411 g/mol. The standard InChI is InChI=1S/C22H29N5O3/c1-3-8-18-17(13-25-27(18)15-16-9-5-4-6-10-16)21(29)24-14-20(28)26-12-7-11-19(26)22(30)23-2/h4-6,9-10,13,19H,3,7-8,11-12,14-15H2,1-2H3,(H,23,30)(H,24,29). The fraction of sp³-hybridized carbons (Fsp3) is 0.455. The Kier molecular flexibility index (Phi) is 7.21. The highest BCUT2D eigenvalue weighted by atomic mass is 16.2. The fourth-order valence-electron chi connectivity index (χ4n) is 3.85. The van der Waals surface area contributed by atoms with Crippen molar-refractivity contribution in [2.75, 3.05) is 20.1 Å². The Labute approximate surface area is 176 Å². The van der Waals surface area contributed by atoms with Crippen LogP contribution in [0.1, 0.15) is 47.8 Å². The van der Waals surface area contributed by atoms with E-state index in [4.69, 9.17) is 0 Å². The van der Waals surface area contributed by atoms with Crippen LogP contribution in [0.2, 0.25) is 0 Å². The first-order valence-electron chi connectivity index (χ1n) is 10.4. The van der Waals surface area contributed by atoms with Crippen LogP contribution in [0, 0.1) is 0 Å². The zero-order chi connectivity index (χ0) is 21.5. The minimum atomic E-state index is -0.455. The first-order valence-corrected chi connectivity index (χ1v) is 10.4. The molecule has 0 bridgehead atoms. The van der Waals surface area contributed by atoms with E-state index in [1.54, 1.807) is 18.1 Å². The third kappa shape index (κ3) is 4.87. The van der Waals surface area contributed by atoms with Gasteiger partial charge in [0.15, 0.2) is 0 Å². The van der Waals surface area contributed by atoms with Gasteiger partial charge in [-0.25, -0.2) is 0 Å². The first kappa shape index (κ1) is 21.5. The number of likely N-dealkylation sites (tertiary alicyclic amines) is 1. The highest BCUT2D eigenvalue weighted by Crippen LogP contribution is 2.18. The van der Waals surface area contributed by atoms with E-state index >= 15 is 0 Å². The van der Waals surface area contributed by atoms with Crippen LogP contribution in [0.25, 0.3) is 0 Å². The van der Waals surface area contributed by atoms with Crippen LogP contribution in [0.4, 0.5) is 0 Å². The van der Waals surface area contributed by atoms with Gasteiger partial charge in [0.1, 0.15) is 6.04 Å². The van der Waals surface area contributed by atoms with Crippen LogP contribution in [0.15, 0.2) is 36.5 Å². The second kappa shape index (κ2) is 10.0. The number of nitrogens with one attached hydrogen (secondary N) is 2. The summed E-state index contributed by atoms with van der Waals surface area (Å²) >= 11 is 0. The number of carbonyl (C=O) groups is 3. The van der Waals surface area contributed by atoms with Gasteiger partial charge in [-0.1, -0.05) is 43.7 Å². The Morgan fingerprint density at radius 2 is 1.97 bits per heavy atom. The van der Waals surface area contributed by atoms with Gasteiger partial charge < -0.3 is 15.5 Å². The number of carbonyl (C=O) groups excluding carboxylic acids is 3. The highest BCUT2D eigenvalue weighted by molar-refractivity contribution is 5.98. The van der Waals surface area contributed by atoms with Crippen molar-refractivity contribution in [3.05, 3.63) is 53.3 Å². The summed E-state index contributed by atoms with van der Waals surface area (Å²) < 4.78 is 1.84. The van der Waals surface area contributed by atoms with E-state index in [1.807, 2.05) is 35.0 Å². The van der Waals surface area contributed by atoms with Gasteiger partial charge >= 0.3 is 0 Å². The lowest BCUT2D eigenvalue weighted by atomic mass is 10.1. The summed E-state index contributed by atoms with van der Waals surface area (Å²) in [6.07, 6.45) is 4.59. The molecule has 30 heavy (non-hydrogen) atoms. The number of likely N-dealkylation sites (N-methyl/N-ethyl adjacent to an activating group) is 1. The summed E-state index contributed by atoms with van der Waals surface area (Å²) in [6, 6.07) is 9.50. The predicted octanol–water partition coefficient (Wildman–Crippen LogP) is 1.35. The second-order valence-corrected chi connectivity index (χ2v) is 7.44. The second-order valence-electron chi connectivity index (χ2n) is 7.44. The maximum Gasteiger partial charge on any atom is 0.255 e. The number of amides is 3. The summed E-state index contributed by atoms with van der Waals surface area (Å²) in [6.45, 7) is 3.03. The van der Waals surface area contributed by atoms with Crippen molar-refractivity contribution in [3.63, 3.8) is 0 Å². The molecule has 2 heterocycles.